The fraction of sp³-hybridized carbons (Fsp3) is 1.00. The van der Waals surface area contributed by atoms with Crippen LogP contribution in [-0.2, 0) is 13.3 Å². The summed E-state index contributed by atoms with van der Waals surface area (Å²) < 4.78 is 14.9. The highest BCUT2D eigenvalue weighted by atomic mass is 28.3. The molecule has 0 N–H and O–H groups in total. The van der Waals surface area contributed by atoms with E-state index in [0.29, 0.717) is 0 Å². The van der Waals surface area contributed by atoms with Gasteiger partial charge >= 0.3 is 9.53 Å². The smallest absolute Gasteiger partial charge is 0.375 e. The molecular weight excluding hydrogens is 136 g/mol. The van der Waals surface area contributed by atoms with Gasteiger partial charge in [-0.1, -0.05) is 6.92 Å². The van der Waals surface area contributed by atoms with Crippen LogP contribution in [-0.4, -0.2) is 30.4 Å². The molecule has 0 aliphatic rings. The molecule has 0 saturated heterocycles. The van der Waals surface area contributed by atoms with Crippen molar-refractivity contribution in [2.45, 2.75) is 13.3 Å². The minimum Gasteiger partial charge on any atom is -0.375 e. The van der Waals surface area contributed by atoms with E-state index in [2.05, 4.69) is 0 Å². The molecule has 0 aromatic heterocycles. The molecular formula is C5H13O3Si. The Balaban J connectivity index is 3.09. The summed E-state index contributed by atoms with van der Waals surface area (Å²) >= 11 is 0. The molecule has 0 aromatic carbocycles. The van der Waals surface area contributed by atoms with Crippen LogP contribution in [0.4, 0.5) is 0 Å². The van der Waals surface area contributed by atoms with Gasteiger partial charge in [-0.25, -0.2) is 0 Å². The van der Waals surface area contributed by atoms with Crippen molar-refractivity contribution in [2.75, 3.05) is 20.8 Å². The normalized spacial score (nSPS) is 10.7. The standard InChI is InChI=1S/C5H13O3Si/c1-4-5-8-9(6-2)7-3/h4-5H2,1-3H3. The Kier molecular flexibility index (Phi) is 6.29. The number of rotatable bonds is 5. The van der Waals surface area contributed by atoms with Crippen LogP contribution in [0.3, 0.4) is 0 Å². The van der Waals surface area contributed by atoms with Gasteiger partial charge in [-0.05, 0) is 6.42 Å². The second-order valence-electron chi connectivity index (χ2n) is 1.51. The Bertz CT molecular complexity index is 56.2. The van der Waals surface area contributed by atoms with Crippen LogP contribution in [0.15, 0.2) is 0 Å². The van der Waals surface area contributed by atoms with Crippen molar-refractivity contribution in [2.24, 2.45) is 0 Å². The molecule has 0 fully saturated rings. The van der Waals surface area contributed by atoms with Crippen molar-refractivity contribution in [3.8, 4) is 0 Å². The molecule has 3 nitrogen and oxygen atoms in total. The Hall–Kier alpha value is 0.0969. The van der Waals surface area contributed by atoms with Gasteiger partial charge in [-0.3, -0.25) is 0 Å². The van der Waals surface area contributed by atoms with Gasteiger partial charge in [-0.2, -0.15) is 0 Å². The Morgan fingerprint density at radius 2 is 1.78 bits per heavy atom. The van der Waals surface area contributed by atoms with Crippen molar-refractivity contribution >= 4 is 9.53 Å². The lowest BCUT2D eigenvalue weighted by molar-refractivity contribution is 0.135. The van der Waals surface area contributed by atoms with Crippen molar-refractivity contribution < 1.29 is 13.3 Å². The Labute approximate surface area is 57.9 Å². The van der Waals surface area contributed by atoms with Gasteiger partial charge in [0.05, 0.1) is 0 Å². The third kappa shape index (κ3) is 4.59. The number of hydrogen-bond acceptors (Lipinski definition) is 3. The van der Waals surface area contributed by atoms with Gasteiger partial charge in [0.15, 0.2) is 0 Å². The summed E-state index contributed by atoms with van der Waals surface area (Å²) in [4.78, 5) is 0. The molecule has 9 heavy (non-hydrogen) atoms. The molecule has 0 aliphatic carbocycles. The molecule has 4 heteroatoms. The molecule has 0 unspecified atom stereocenters. The van der Waals surface area contributed by atoms with E-state index in [-0.39, 0.29) is 0 Å². The Morgan fingerprint density at radius 3 is 2.11 bits per heavy atom. The monoisotopic (exact) mass is 149 g/mol. The van der Waals surface area contributed by atoms with Gasteiger partial charge < -0.3 is 13.3 Å². The molecule has 0 rings (SSSR count). The molecule has 0 bridgehead atoms. The lowest BCUT2D eigenvalue weighted by Gasteiger charge is -2.06. The second kappa shape index (κ2) is 6.22. The van der Waals surface area contributed by atoms with Crippen molar-refractivity contribution in [1.82, 2.24) is 0 Å². The van der Waals surface area contributed by atoms with E-state index < -0.39 is 9.53 Å². The average Bonchev–Trinajstić information content (AvgIpc) is 1.91. The van der Waals surface area contributed by atoms with Crippen LogP contribution in [0.25, 0.3) is 0 Å². The zero-order chi connectivity index (χ0) is 7.11. The van der Waals surface area contributed by atoms with Crippen LogP contribution < -0.4 is 0 Å². The molecule has 0 atom stereocenters. The minimum atomic E-state index is -1.39. The minimum absolute atomic E-state index is 0.718. The predicted octanol–water partition coefficient (Wildman–Crippen LogP) is 0.691. The molecule has 1 radical (unpaired) electrons. The largest absolute Gasteiger partial charge is 0.577 e. The highest BCUT2D eigenvalue weighted by Crippen LogP contribution is 1.88. The third-order valence-corrected chi connectivity index (χ3v) is 1.86. The van der Waals surface area contributed by atoms with E-state index in [0.717, 1.165) is 13.0 Å². The molecule has 0 aromatic rings. The SMILES string of the molecule is CCCO[Si](OC)OC. The zero-order valence-corrected chi connectivity index (χ0v) is 7.14. The molecule has 0 saturated carbocycles. The quantitative estimate of drug-likeness (QED) is 0.538. The van der Waals surface area contributed by atoms with Gasteiger partial charge in [0, 0.05) is 20.8 Å². The fourth-order valence-electron chi connectivity index (χ4n) is 0.387. The van der Waals surface area contributed by atoms with Gasteiger partial charge in [0.25, 0.3) is 0 Å². The van der Waals surface area contributed by atoms with E-state index in [9.17, 15) is 0 Å². The van der Waals surface area contributed by atoms with Crippen molar-refractivity contribution in [1.29, 1.82) is 0 Å². The Morgan fingerprint density at radius 1 is 1.22 bits per heavy atom. The van der Waals surface area contributed by atoms with Crippen molar-refractivity contribution in [3.63, 3.8) is 0 Å². The fourth-order valence-corrected chi connectivity index (χ4v) is 1.16. The third-order valence-electron chi connectivity index (χ3n) is 0.757. The summed E-state index contributed by atoms with van der Waals surface area (Å²) in [6.45, 7) is 2.76. The summed E-state index contributed by atoms with van der Waals surface area (Å²) in [6.07, 6.45) is 1.00. The first-order chi connectivity index (χ1) is 4.35. The van der Waals surface area contributed by atoms with Gasteiger partial charge in [0.2, 0.25) is 0 Å². The summed E-state index contributed by atoms with van der Waals surface area (Å²) in [6, 6.07) is 0. The summed E-state index contributed by atoms with van der Waals surface area (Å²) in [5.74, 6) is 0. The maximum atomic E-state index is 5.15. The lowest BCUT2D eigenvalue weighted by Crippen LogP contribution is -2.24. The van der Waals surface area contributed by atoms with Crippen LogP contribution >= 0.6 is 0 Å². The van der Waals surface area contributed by atoms with E-state index in [1.807, 2.05) is 6.92 Å². The molecule has 0 spiro atoms. The molecule has 0 amide bonds. The van der Waals surface area contributed by atoms with E-state index in [1.54, 1.807) is 14.2 Å². The van der Waals surface area contributed by atoms with Crippen LogP contribution in [0.2, 0.25) is 0 Å². The van der Waals surface area contributed by atoms with Gasteiger partial charge in [-0.15, -0.1) is 0 Å². The summed E-state index contributed by atoms with van der Waals surface area (Å²) in [5, 5.41) is 0. The highest BCUT2D eigenvalue weighted by Gasteiger charge is 2.12. The second-order valence-corrected chi connectivity index (χ2v) is 3.11. The van der Waals surface area contributed by atoms with Crippen LogP contribution in [0, 0.1) is 0 Å². The average molecular weight is 149 g/mol. The predicted molar refractivity (Wildman–Crippen MR) is 36.0 cm³/mol. The molecule has 0 heterocycles. The first-order valence-corrected chi connectivity index (χ1v) is 4.15. The maximum Gasteiger partial charge on any atom is 0.577 e. The first-order valence-electron chi connectivity index (χ1n) is 2.92. The maximum absolute atomic E-state index is 5.15. The summed E-state index contributed by atoms with van der Waals surface area (Å²) in [7, 11) is 1.80. The highest BCUT2D eigenvalue weighted by molar-refractivity contribution is 6.36. The molecule has 0 aliphatic heterocycles. The summed E-state index contributed by atoms with van der Waals surface area (Å²) in [5.41, 5.74) is 0. The zero-order valence-electron chi connectivity index (χ0n) is 6.14. The molecule has 55 valence electrons. The van der Waals surface area contributed by atoms with E-state index in [1.165, 1.54) is 0 Å². The lowest BCUT2D eigenvalue weighted by atomic mass is 10.5. The van der Waals surface area contributed by atoms with Crippen LogP contribution in [0.5, 0.6) is 0 Å². The van der Waals surface area contributed by atoms with Gasteiger partial charge in [0.1, 0.15) is 0 Å². The first kappa shape index (κ1) is 9.10. The van der Waals surface area contributed by atoms with E-state index >= 15 is 0 Å². The van der Waals surface area contributed by atoms with Crippen LogP contribution in [0.1, 0.15) is 13.3 Å². The van der Waals surface area contributed by atoms with Crippen molar-refractivity contribution in [3.05, 3.63) is 0 Å². The van der Waals surface area contributed by atoms with E-state index in [4.69, 9.17) is 13.3 Å². The number of hydrogen-bond donors (Lipinski definition) is 0. The topological polar surface area (TPSA) is 27.7 Å².